The summed E-state index contributed by atoms with van der Waals surface area (Å²) in [5.74, 6) is -1.29. The second-order valence-electron chi connectivity index (χ2n) is 3.31. The number of aliphatic hydroxyl groups excluding tert-OH is 1. The topological polar surface area (TPSA) is 83.5 Å². The zero-order chi connectivity index (χ0) is 13.8. The van der Waals surface area contributed by atoms with Crippen molar-refractivity contribution in [2.24, 2.45) is 0 Å². The summed E-state index contributed by atoms with van der Waals surface area (Å²) in [5, 5.41) is 10.4. The van der Waals surface area contributed by atoms with Crippen LogP contribution in [0.1, 0.15) is 0 Å². The van der Waals surface area contributed by atoms with Gasteiger partial charge in [0.25, 0.3) is 11.4 Å². The predicted octanol–water partition coefficient (Wildman–Crippen LogP) is 0.627. The standard InChI is InChI=1S/C10H11BrFNO4S/c11-7-3-1-2-4-8(7)18(16,17)9(12)10(15)13-5-6-14/h1-4,9,14H,5-6H2,(H,13,15). The van der Waals surface area contributed by atoms with E-state index in [4.69, 9.17) is 5.11 Å². The molecule has 0 aromatic heterocycles. The third kappa shape index (κ3) is 3.27. The lowest BCUT2D eigenvalue weighted by Crippen LogP contribution is -2.38. The Balaban J connectivity index is 3.01. The summed E-state index contributed by atoms with van der Waals surface area (Å²) >= 11 is 2.98. The van der Waals surface area contributed by atoms with E-state index in [0.29, 0.717) is 0 Å². The van der Waals surface area contributed by atoms with Crippen molar-refractivity contribution in [1.29, 1.82) is 0 Å². The molecule has 0 saturated carbocycles. The van der Waals surface area contributed by atoms with E-state index >= 15 is 0 Å². The molecule has 1 aromatic rings. The maximum Gasteiger partial charge on any atom is 0.282 e. The minimum Gasteiger partial charge on any atom is -0.395 e. The lowest BCUT2D eigenvalue weighted by molar-refractivity contribution is -0.123. The minimum atomic E-state index is -4.41. The van der Waals surface area contributed by atoms with Crippen LogP contribution in [-0.4, -0.2) is 38.1 Å². The molecule has 2 N–H and O–H groups in total. The second-order valence-corrected chi connectivity index (χ2v) is 6.10. The van der Waals surface area contributed by atoms with Gasteiger partial charge in [-0.2, -0.15) is 0 Å². The highest BCUT2D eigenvalue weighted by Gasteiger charge is 2.34. The molecule has 1 amide bonds. The Hall–Kier alpha value is -0.990. The summed E-state index contributed by atoms with van der Waals surface area (Å²) in [6.07, 6.45) is 0. The molecular weight excluding hydrogens is 329 g/mol. The van der Waals surface area contributed by atoms with E-state index in [-0.39, 0.29) is 15.9 Å². The highest BCUT2D eigenvalue weighted by molar-refractivity contribution is 9.10. The summed E-state index contributed by atoms with van der Waals surface area (Å²) in [5.41, 5.74) is -2.71. The van der Waals surface area contributed by atoms with Gasteiger partial charge in [-0.3, -0.25) is 4.79 Å². The van der Waals surface area contributed by atoms with Gasteiger partial charge in [0.1, 0.15) is 0 Å². The SMILES string of the molecule is O=C(NCCO)C(F)S(=O)(=O)c1ccccc1Br. The van der Waals surface area contributed by atoms with Crippen molar-refractivity contribution >= 4 is 31.7 Å². The Morgan fingerprint density at radius 2 is 2.06 bits per heavy atom. The van der Waals surface area contributed by atoms with Crippen molar-refractivity contribution in [2.75, 3.05) is 13.2 Å². The number of alkyl halides is 1. The second kappa shape index (κ2) is 6.26. The van der Waals surface area contributed by atoms with Gasteiger partial charge >= 0.3 is 0 Å². The van der Waals surface area contributed by atoms with Gasteiger partial charge in [0, 0.05) is 11.0 Å². The van der Waals surface area contributed by atoms with E-state index in [2.05, 4.69) is 15.9 Å². The molecule has 0 bridgehead atoms. The van der Waals surface area contributed by atoms with Crippen LogP contribution in [0, 0.1) is 0 Å². The number of rotatable bonds is 5. The molecule has 0 aliphatic rings. The van der Waals surface area contributed by atoms with Crippen LogP contribution in [0.5, 0.6) is 0 Å². The third-order valence-corrected chi connectivity index (χ3v) is 4.71. The molecule has 1 atom stereocenters. The van der Waals surface area contributed by atoms with Crippen molar-refractivity contribution < 1.29 is 22.7 Å². The molecule has 8 heteroatoms. The van der Waals surface area contributed by atoms with Gasteiger partial charge in [-0.05, 0) is 28.1 Å². The van der Waals surface area contributed by atoms with Crippen molar-refractivity contribution in [3.05, 3.63) is 28.7 Å². The molecule has 0 saturated heterocycles. The van der Waals surface area contributed by atoms with Crippen molar-refractivity contribution in [3.63, 3.8) is 0 Å². The molecule has 0 heterocycles. The Morgan fingerprint density at radius 1 is 1.44 bits per heavy atom. The zero-order valence-corrected chi connectivity index (χ0v) is 11.5. The van der Waals surface area contributed by atoms with E-state index in [1.807, 2.05) is 5.32 Å². The number of sulfone groups is 1. The molecule has 0 radical (unpaired) electrons. The molecule has 1 rings (SSSR count). The number of aliphatic hydroxyl groups is 1. The number of hydrogen-bond acceptors (Lipinski definition) is 4. The minimum absolute atomic E-state index is 0.183. The van der Waals surface area contributed by atoms with Gasteiger partial charge < -0.3 is 10.4 Å². The van der Waals surface area contributed by atoms with E-state index < -0.39 is 27.9 Å². The Bertz CT molecular complexity index is 534. The summed E-state index contributed by atoms with van der Waals surface area (Å²) in [6.45, 7) is -0.599. The fourth-order valence-corrected chi connectivity index (χ4v) is 3.35. The number of nitrogens with one attached hydrogen (secondary N) is 1. The normalized spacial score (nSPS) is 13.1. The molecule has 0 aliphatic carbocycles. The number of benzene rings is 1. The molecule has 0 fully saturated rings. The molecule has 18 heavy (non-hydrogen) atoms. The lowest BCUT2D eigenvalue weighted by Gasteiger charge is -2.11. The highest BCUT2D eigenvalue weighted by atomic mass is 79.9. The fourth-order valence-electron chi connectivity index (χ4n) is 1.19. The number of hydrogen-bond donors (Lipinski definition) is 2. The molecule has 0 spiro atoms. The Morgan fingerprint density at radius 3 is 2.61 bits per heavy atom. The molecule has 5 nitrogen and oxygen atoms in total. The monoisotopic (exact) mass is 339 g/mol. The molecule has 1 unspecified atom stereocenters. The van der Waals surface area contributed by atoms with Crippen LogP contribution in [-0.2, 0) is 14.6 Å². The number of halogens is 2. The van der Waals surface area contributed by atoms with Crippen LogP contribution >= 0.6 is 15.9 Å². The van der Waals surface area contributed by atoms with Gasteiger partial charge in [-0.1, -0.05) is 12.1 Å². The van der Waals surface area contributed by atoms with Gasteiger partial charge in [0.2, 0.25) is 9.84 Å². The molecule has 0 aliphatic heterocycles. The van der Waals surface area contributed by atoms with Gasteiger partial charge in [0.15, 0.2) is 0 Å². The van der Waals surface area contributed by atoms with E-state index in [1.165, 1.54) is 18.2 Å². The maximum atomic E-state index is 13.7. The van der Waals surface area contributed by atoms with Crippen LogP contribution in [0.4, 0.5) is 4.39 Å². The first-order valence-electron chi connectivity index (χ1n) is 4.92. The van der Waals surface area contributed by atoms with Gasteiger partial charge in [0.05, 0.1) is 11.5 Å². The first kappa shape index (κ1) is 15.1. The quantitative estimate of drug-likeness (QED) is 0.824. The van der Waals surface area contributed by atoms with Crippen LogP contribution in [0.2, 0.25) is 0 Å². The van der Waals surface area contributed by atoms with Gasteiger partial charge in [-0.15, -0.1) is 0 Å². The maximum absolute atomic E-state index is 13.7. The number of amides is 1. The van der Waals surface area contributed by atoms with Crippen LogP contribution in [0.25, 0.3) is 0 Å². The fraction of sp³-hybridized carbons (Fsp3) is 0.300. The molecular formula is C10H11BrFNO4S. The third-order valence-electron chi connectivity index (χ3n) is 2.03. The van der Waals surface area contributed by atoms with E-state index in [0.717, 1.165) is 0 Å². The average molecular weight is 340 g/mol. The molecule has 1 aromatic carbocycles. The van der Waals surface area contributed by atoms with Crippen LogP contribution in [0.15, 0.2) is 33.6 Å². The zero-order valence-electron chi connectivity index (χ0n) is 9.14. The largest absolute Gasteiger partial charge is 0.395 e. The Labute approximate surface area is 112 Å². The van der Waals surface area contributed by atoms with Crippen molar-refractivity contribution in [3.8, 4) is 0 Å². The van der Waals surface area contributed by atoms with Crippen molar-refractivity contribution in [2.45, 2.75) is 10.4 Å². The van der Waals surface area contributed by atoms with E-state index in [1.54, 1.807) is 6.07 Å². The lowest BCUT2D eigenvalue weighted by atomic mass is 10.4. The van der Waals surface area contributed by atoms with Gasteiger partial charge in [-0.25, -0.2) is 12.8 Å². The Kier molecular flexibility index (Phi) is 5.24. The first-order valence-corrected chi connectivity index (χ1v) is 7.26. The molecule has 100 valence electrons. The van der Waals surface area contributed by atoms with Crippen molar-refractivity contribution in [1.82, 2.24) is 5.32 Å². The highest BCUT2D eigenvalue weighted by Crippen LogP contribution is 2.25. The summed E-state index contributed by atoms with van der Waals surface area (Å²) < 4.78 is 37.5. The number of carbonyl (C=O) groups excluding carboxylic acids is 1. The summed E-state index contributed by atoms with van der Waals surface area (Å²) in [6, 6.07) is 5.63. The summed E-state index contributed by atoms with van der Waals surface area (Å²) in [7, 11) is -4.41. The summed E-state index contributed by atoms with van der Waals surface area (Å²) in [4.78, 5) is 10.9. The van der Waals surface area contributed by atoms with Crippen LogP contribution < -0.4 is 5.32 Å². The first-order chi connectivity index (χ1) is 8.41. The predicted molar refractivity (Wildman–Crippen MR) is 66.3 cm³/mol. The smallest absolute Gasteiger partial charge is 0.282 e. The van der Waals surface area contributed by atoms with Crippen LogP contribution in [0.3, 0.4) is 0 Å². The van der Waals surface area contributed by atoms with E-state index in [9.17, 15) is 17.6 Å². The average Bonchev–Trinajstić information content (AvgIpc) is 2.35. The number of carbonyl (C=O) groups is 1.